The zero-order valence-electron chi connectivity index (χ0n) is 18.9. The summed E-state index contributed by atoms with van der Waals surface area (Å²) in [5.74, 6) is 0.463. The Labute approximate surface area is 198 Å². The van der Waals surface area contributed by atoms with Crippen molar-refractivity contribution in [2.45, 2.75) is 51.7 Å². The number of aliphatic carboxylic acids is 1. The van der Waals surface area contributed by atoms with Gasteiger partial charge in [0.15, 0.2) is 11.5 Å². The van der Waals surface area contributed by atoms with Gasteiger partial charge in [-0.15, -0.1) is 0 Å². The van der Waals surface area contributed by atoms with E-state index >= 15 is 0 Å². The van der Waals surface area contributed by atoms with Gasteiger partial charge < -0.3 is 24.6 Å². The SMILES string of the molecule is CC(C)Oc1ccc(-c2cc(C(=O)N[C@H]3CC[C@H](CN4CC(C(=O)O)C4)CC3)no2)cc1Cl. The second-order valence-corrected chi connectivity index (χ2v) is 9.74. The summed E-state index contributed by atoms with van der Waals surface area (Å²) in [6.45, 7) is 6.11. The van der Waals surface area contributed by atoms with Gasteiger partial charge in [-0.2, -0.15) is 0 Å². The third-order valence-corrected chi connectivity index (χ3v) is 6.62. The highest BCUT2D eigenvalue weighted by molar-refractivity contribution is 6.32. The Kier molecular flexibility index (Phi) is 7.24. The molecule has 1 saturated carbocycles. The number of nitrogens with one attached hydrogen (secondary N) is 1. The van der Waals surface area contributed by atoms with Crippen molar-refractivity contribution in [3.8, 4) is 17.1 Å². The van der Waals surface area contributed by atoms with Crippen LogP contribution in [0.5, 0.6) is 5.75 Å². The Morgan fingerprint density at radius 3 is 2.61 bits per heavy atom. The average molecular weight is 476 g/mol. The minimum atomic E-state index is -0.700. The molecule has 2 aliphatic rings. The van der Waals surface area contributed by atoms with Gasteiger partial charge in [0.2, 0.25) is 0 Å². The minimum Gasteiger partial charge on any atom is -0.489 e. The molecule has 2 aromatic rings. The normalized spacial score (nSPS) is 21.6. The highest BCUT2D eigenvalue weighted by atomic mass is 35.5. The molecule has 2 heterocycles. The number of carboxylic acids is 1. The van der Waals surface area contributed by atoms with Crippen molar-refractivity contribution in [2.75, 3.05) is 19.6 Å². The molecule has 2 fully saturated rings. The number of benzene rings is 1. The van der Waals surface area contributed by atoms with Crippen LogP contribution in [0.2, 0.25) is 5.02 Å². The minimum absolute atomic E-state index is 0.0176. The summed E-state index contributed by atoms with van der Waals surface area (Å²) in [6, 6.07) is 7.07. The molecule has 0 atom stereocenters. The molecule has 4 rings (SSSR count). The van der Waals surface area contributed by atoms with Crippen LogP contribution in [-0.2, 0) is 4.79 Å². The van der Waals surface area contributed by atoms with Gasteiger partial charge in [-0.1, -0.05) is 16.8 Å². The van der Waals surface area contributed by atoms with Crippen LogP contribution in [-0.4, -0.2) is 58.8 Å². The van der Waals surface area contributed by atoms with E-state index in [1.54, 1.807) is 18.2 Å². The summed E-state index contributed by atoms with van der Waals surface area (Å²) in [5, 5.41) is 16.5. The number of carbonyl (C=O) groups excluding carboxylic acids is 1. The highest BCUT2D eigenvalue weighted by Crippen LogP contribution is 2.32. The fourth-order valence-corrected chi connectivity index (χ4v) is 4.74. The molecule has 1 amide bonds. The molecule has 0 radical (unpaired) electrons. The first-order valence-corrected chi connectivity index (χ1v) is 11.9. The van der Waals surface area contributed by atoms with Gasteiger partial charge in [-0.05, 0) is 63.6 Å². The summed E-state index contributed by atoms with van der Waals surface area (Å²) >= 11 is 6.30. The van der Waals surface area contributed by atoms with Crippen LogP contribution < -0.4 is 10.1 Å². The molecule has 0 spiro atoms. The van der Waals surface area contributed by atoms with E-state index in [1.807, 2.05) is 19.9 Å². The number of amides is 1. The quantitative estimate of drug-likeness (QED) is 0.592. The van der Waals surface area contributed by atoms with Gasteiger partial charge in [0.05, 0.1) is 17.0 Å². The van der Waals surface area contributed by atoms with Gasteiger partial charge in [0, 0.05) is 37.3 Å². The van der Waals surface area contributed by atoms with E-state index in [0.29, 0.717) is 35.5 Å². The zero-order chi connectivity index (χ0) is 23.5. The molecule has 178 valence electrons. The maximum Gasteiger partial charge on any atom is 0.309 e. The first-order chi connectivity index (χ1) is 15.8. The molecule has 1 aliphatic heterocycles. The smallest absolute Gasteiger partial charge is 0.309 e. The van der Waals surface area contributed by atoms with E-state index in [-0.39, 0.29) is 29.7 Å². The Morgan fingerprint density at radius 1 is 1.24 bits per heavy atom. The summed E-state index contributed by atoms with van der Waals surface area (Å²) in [6.07, 6.45) is 3.87. The molecular weight excluding hydrogens is 446 g/mol. The number of likely N-dealkylation sites (tertiary alicyclic amines) is 1. The van der Waals surface area contributed by atoms with Crippen LogP contribution in [0.15, 0.2) is 28.8 Å². The maximum absolute atomic E-state index is 12.7. The van der Waals surface area contributed by atoms with Crippen LogP contribution in [0.4, 0.5) is 0 Å². The molecule has 0 unspecified atom stereocenters. The standard InChI is InChI=1S/C24H30ClN3O5/c1-14(2)32-21-8-5-16(9-19(21)25)22-10-20(27-33-22)23(29)26-18-6-3-15(4-7-18)11-28-12-17(13-28)24(30)31/h5,8-10,14-15,17-18H,3-4,6-7,11-13H2,1-2H3,(H,26,29)(H,30,31)/t15-,18-. The van der Waals surface area contributed by atoms with Gasteiger partial charge in [0.1, 0.15) is 5.75 Å². The molecule has 2 N–H and O–H groups in total. The highest BCUT2D eigenvalue weighted by Gasteiger charge is 2.34. The van der Waals surface area contributed by atoms with E-state index < -0.39 is 5.97 Å². The third-order valence-electron chi connectivity index (χ3n) is 6.33. The lowest BCUT2D eigenvalue weighted by Crippen LogP contribution is -2.52. The Hall–Kier alpha value is -2.58. The van der Waals surface area contributed by atoms with Crippen molar-refractivity contribution in [2.24, 2.45) is 11.8 Å². The molecular formula is C24H30ClN3O5. The average Bonchev–Trinajstić information content (AvgIpc) is 3.23. The fraction of sp³-hybridized carbons (Fsp3) is 0.542. The number of carboxylic acid groups (broad SMARTS) is 1. The lowest BCUT2D eigenvalue weighted by Gasteiger charge is -2.40. The van der Waals surface area contributed by atoms with E-state index in [4.69, 9.17) is 26.0 Å². The van der Waals surface area contributed by atoms with E-state index in [0.717, 1.165) is 37.8 Å². The Morgan fingerprint density at radius 2 is 1.97 bits per heavy atom. The van der Waals surface area contributed by atoms with Crippen molar-refractivity contribution < 1.29 is 24.0 Å². The van der Waals surface area contributed by atoms with Crippen LogP contribution >= 0.6 is 11.6 Å². The lowest BCUT2D eigenvalue weighted by atomic mass is 9.84. The first kappa shape index (κ1) is 23.6. The van der Waals surface area contributed by atoms with Crippen molar-refractivity contribution in [3.63, 3.8) is 0 Å². The maximum atomic E-state index is 12.7. The fourth-order valence-electron chi connectivity index (χ4n) is 4.51. The molecule has 33 heavy (non-hydrogen) atoms. The number of nitrogens with zero attached hydrogens (tertiary/aromatic N) is 2. The topological polar surface area (TPSA) is 105 Å². The number of ether oxygens (including phenoxy) is 1. The second-order valence-electron chi connectivity index (χ2n) is 9.33. The van der Waals surface area contributed by atoms with Gasteiger partial charge in [0.25, 0.3) is 5.91 Å². The van der Waals surface area contributed by atoms with Crippen molar-refractivity contribution in [1.29, 1.82) is 0 Å². The second kappa shape index (κ2) is 10.1. The van der Waals surface area contributed by atoms with E-state index in [9.17, 15) is 9.59 Å². The van der Waals surface area contributed by atoms with E-state index in [1.165, 1.54) is 0 Å². The van der Waals surface area contributed by atoms with Crippen molar-refractivity contribution in [1.82, 2.24) is 15.4 Å². The molecule has 0 bridgehead atoms. The number of hydrogen-bond acceptors (Lipinski definition) is 6. The Bertz CT molecular complexity index is 994. The monoisotopic (exact) mass is 475 g/mol. The zero-order valence-corrected chi connectivity index (χ0v) is 19.7. The third kappa shape index (κ3) is 5.86. The van der Waals surface area contributed by atoms with Crippen molar-refractivity contribution in [3.05, 3.63) is 35.0 Å². The number of rotatable bonds is 8. The number of carbonyl (C=O) groups is 2. The van der Waals surface area contributed by atoms with Gasteiger partial charge in [-0.3, -0.25) is 9.59 Å². The number of halogens is 1. The number of aromatic nitrogens is 1. The van der Waals surface area contributed by atoms with Crippen LogP contribution in [0.1, 0.15) is 50.0 Å². The van der Waals surface area contributed by atoms with Gasteiger partial charge >= 0.3 is 5.97 Å². The van der Waals surface area contributed by atoms with Gasteiger partial charge in [-0.25, -0.2) is 0 Å². The summed E-state index contributed by atoms with van der Waals surface area (Å²) in [4.78, 5) is 25.8. The predicted octanol–water partition coefficient (Wildman–Crippen LogP) is 4.09. The summed E-state index contributed by atoms with van der Waals surface area (Å²) in [5.41, 5.74) is 0.963. The molecule has 9 heteroatoms. The van der Waals surface area contributed by atoms with Crippen LogP contribution in [0, 0.1) is 11.8 Å². The first-order valence-electron chi connectivity index (χ1n) is 11.5. The Balaban J connectivity index is 1.26. The lowest BCUT2D eigenvalue weighted by molar-refractivity contribution is -0.147. The molecule has 1 aromatic heterocycles. The van der Waals surface area contributed by atoms with Crippen molar-refractivity contribution >= 4 is 23.5 Å². The molecule has 1 aromatic carbocycles. The predicted molar refractivity (Wildman–Crippen MR) is 123 cm³/mol. The summed E-state index contributed by atoms with van der Waals surface area (Å²) < 4.78 is 11.0. The number of hydrogen-bond donors (Lipinski definition) is 2. The molecule has 1 saturated heterocycles. The van der Waals surface area contributed by atoms with E-state index in [2.05, 4.69) is 15.4 Å². The van der Waals surface area contributed by atoms with Crippen LogP contribution in [0.25, 0.3) is 11.3 Å². The largest absolute Gasteiger partial charge is 0.489 e. The molecule has 1 aliphatic carbocycles. The molecule has 8 nitrogen and oxygen atoms in total. The van der Waals surface area contributed by atoms with Crippen LogP contribution in [0.3, 0.4) is 0 Å². The summed E-state index contributed by atoms with van der Waals surface area (Å²) in [7, 11) is 0.